The van der Waals surface area contributed by atoms with Gasteiger partial charge in [0.1, 0.15) is 5.52 Å². The second-order valence-electron chi connectivity index (χ2n) is 9.34. The number of aryl methyl sites for hydroxylation is 1. The maximum Gasteiger partial charge on any atom is 0.225 e. The Morgan fingerprint density at radius 1 is 0.970 bits per heavy atom. The van der Waals surface area contributed by atoms with Gasteiger partial charge in [0.2, 0.25) is 5.95 Å². The van der Waals surface area contributed by atoms with E-state index in [9.17, 15) is 5.11 Å². The Labute approximate surface area is 194 Å². The Morgan fingerprint density at radius 3 is 2.27 bits per heavy atom. The van der Waals surface area contributed by atoms with Gasteiger partial charge in [-0.25, -0.2) is 14.6 Å². The highest BCUT2D eigenvalue weighted by Gasteiger charge is 2.24. The average molecular weight is 443 g/mol. The molecule has 1 aliphatic rings. The third-order valence-electron chi connectivity index (χ3n) is 6.59. The lowest BCUT2D eigenvalue weighted by Crippen LogP contribution is -2.36. The van der Waals surface area contributed by atoms with Gasteiger partial charge in [-0.2, -0.15) is 0 Å². The molecule has 5 rings (SSSR count). The zero-order chi connectivity index (χ0) is 23.0. The van der Waals surface area contributed by atoms with Gasteiger partial charge in [-0.15, -0.1) is 5.10 Å². The fourth-order valence-corrected chi connectivity index (χ4v) is 4.47. The van der Waals surface area contributed by atoms with Gasteiger partial charge in [0, 0.05) is 25.5 Å². The lowest BCUT2D eigenvalue weighted by atomic mass is 9.95. The molecule has 0 atom stereocenters. The Morgan fingerprint density at radius 2 is 1.64 bits per heavy atom. The van der Waals surface area contributed by atoms with Crippen LogP contribution >= 0.6 is 0 Å². The number of nitrogens with zero attached hydrogens (tertiary/aromatic N) is 6. The first-order valence-electron chi connectivity index (χ1n) is 11.7. The number of fused-ring (bicyclic) bond motifs is 1. The zero-order valence-electron chi connectivity index (χ0n) is 19.4. The predicted octanol–water partition coefficient (Wildman–Crippen LogP) is 4.52. The van der Waals surface area contributed by atoms with Crippen molar-refractivity contribution in [2.75, 3.05) is 18.0 Å². The topological polar surface area (TPSA) is 80.0 Å². The van der Waals surface area contributed by atoms with E-state index in [0.29, 0.717) is 6.04 Å². The molecule has 0 amide bonds. The molecule has 0 radical (unpaired) electrons. The highest BCUT2D eigenvalue weighted by atomic mass is 16.3. The van der Waals surface area contributed by atoms with Gasteiger partial charge < -0.3 is 10.0 Å². The van der Waals surface area contributed by atoms with Crippen molar-refractivity contribution in [3.63, 3.8) is 0 Å². The number of hydrogen-bond donors (Lipinski definition) is 1. The summed E-state index contributed by atoms with van der Waals surface area (Å²) in [6.07, 6.45) is 6.77. The molecule has 1 saturated heterocycles. The summed E-state index contributed by atoms with van der Waals surface area (Å²) in [5.74, 6) is 0.814. The summed E-state index contributed by atoms with van der Waals surface area (Å²) in [7, 11) is 0. The number of hydrogen-bond acceptors (Lipinski definition) is 6. The summed E-state index contributed by atoms with van der Waals surface area (Å²) in [4.78, 5) is 11.3. The molecule has 1 aliphatic heterocycles. The van der Waals surface area contributed by atoms with Crippen LogP contribution in [0.3, 0.4) is 0 Å². The van der Waals surface area contributed by atoms with Crippen molar-refractivity contribution < 1.29 is 5.11 Å². The molecule has 170 valence electrons. The molecule has 1 N–H and O–H groups in total. The number of aromatic nitrogens is 5. The van der Waals surface area contributed by atoms with Crippen LogP contribution in [0.15, 0.2) is 54.9 Å². The van der Waals surface area contributed by atoms with E-state index in [1.54, 1.807) is 13.8 Å². The molecule has 2 aromatic heterocycles. The Balaban J connectivity index is 1.31. The van der Waals surface area contributed by atoms with Gasteiger partial charge in [0.15, 0.2) is 0 Å². The second kappa shape index (κ2) is 8.56. The smallest absolute Gasteiger partial charge is 0.225 e. The van der Waals surface area contributed by atoms with E-state index < -0.39 is 5.60 Å². The SMILES string of the molecule is CCc1cnc(N2CCC(n3nnc4cc(-c5ccc(C(C)(C)O)cc5)ccc43)CC2)nc1. The number of benzene rings is 2. The molecular weight excluding hydrogens is 412 g/mol. The monoisotopic (exact) mass is 442 g/mol. The normalized spacial score (nSPS) is 15.3. The first-order valence-corrected chi connectivity index (χ1v) is 11.7. The third-order valence-corrected chi connectivity index (χ3v) is 6.59. The fourth-order valence-electron chi connectivity index (χ4n) is 4.47. The van der Waals surface area contributed by atoms with E-state index >= 15 is 0 Å². The van der Waals surface area contributed by atoms with Crippen LogP contribution in [0.5, 0.6) is 0 Å². The molecule has 7 heteroatoms. The van der Waals surface area contributed by atoms with Crippen LogP contribution in [0, 0.1) is 0 Å². The molecule has 4 aromatic rings. The molecule has 0 bridgehead atoms. The highest BCUT2D eigenvalue weighted by molar-refractivity contribution is 5.81. The van der Waals surface area contributed by atoms with Gasteiger partial charge in [-0.3, -0.25) is 0 Å². The predicted molar refractivity (Wildman–Crippen MR) is 130 cm³/mol. The van der Waals surface area contributed by atoms with Crippen LogP contribution in [0.4, 0.5) is 5.95 Å². The quantitative estimate of drug-likeness (QED) is 0.490. The van der Waals surface area contributed by atoms with Crippen LogP contribution in [0.1, 0.15) is 50.8 Å². The summed E-state index contributed by atoms with van der Waals surface area (Å²) in [5.41, 5.74) is 5.38. The molecular formula is C26H30N6O. The zero-order valence-corrected chi connectivity index (χ0v) is 19.4. The maximum absolute atomic E-state index is 10.2. The second-order valence-corrected chi connectivity index (χ2v) is 9.34. The minimum atomic E-state index is -0.841. The first kappa shape index (κ1) is 21.5. The lowest BCUT2D eigenvalue weighted by Gasteiger charge is -2.32. The van der Waals surface area contributed by atoms with Crippen molar-refractivity contribution in [2.24, 2.45) is 0 Å². The van der Waals surface area contributed by atoms with Crippen molar-refractivity contribution in [2.45, 2.75) is 51.7 Å². The number of piperidine rings is 1. The minimum Gasteiger partial charge on any atom is -0.386 e. The molecule has 0 unspecified atom stereocenters. The van der Waals surface area contributed by atoms with Crippen LogP contribution in [-0.2, 0) is 12.0 Å². The molecule has 1 fully saturated rings. The van der Waals surface area contributed by atoms with E-state index in [4.69, 9.17) is 0 Å². The summed E-state index contributed by atoms with van der Waals surface area (Å²) in [6, 6.07) is 14.7. The average Bonchev–Trinajstić information content (AvgIpc) is 3.27. The lowest BCUT2D eigenvalue weighted by molar-refractivity contribution is 0.0786. The van der Waals surface area contributed by atoms with Crippen molar-refractivity contribution in [3.05, 3.63) is 66.0 Å². The van der Waals surface area contributed by atoms with Crippen LogP contribution in [0.2, 0.25) is 0 Å². The van der Waals surface area contributed by atoms with Crippen LogP contribution in [0.25, 0.3) is 22.2 Å². The van der Waals surface area contributed by atoms with E-state index in [2.05, 4.69) is 55.0 Å². The van der Waals surface area contributed by atoms with Gasteiger partial charge in [0.25, 0.3) is 0 Å². The summed E-state index contributed by atoms with van der Waals surface area (Å²) < 4.78 is 2.08. The molecule has 3 heterocycles. The van der Waals surface area contributed by atoms with Crippen LogP contribution in [-0.4, -0.2) is 43.2 Å². The third kappa shape index (κ3) is 4.33. The fraction of sp³-hybridized carbons (Fsp3) is 0.385. The largest absolute Gasteiger partial charge is 0.386 e. The summed E-state index contributed by atoms with van der Waals surface area (Å²) >= 11 is 0. The standard InChI is InChI=1S/C26H30N6O/c1-4-18-16-27-25(28-17-18)31-13-11-22(12-14-31)32-24-10-7-20(15-23(24)29-30-32)19-5-8-21(9-6-19)26(2,3)33/h5-10,15-17,22,33H,4,11-14H2,1-3H3. The van der Waals surface area contributed by atoms with Crippen molar-refractivity contribution >= 4 is 17.0 Å². The highest BCUT2D eigenvalue weighted by Crippen LogP contribution is 2.30. The molecule has 0 spiro atoms. The first-order chi connectivity index (χ1) is 15.9. The molecule has 7 nitrogen and oxygen atoms in total. The Hall–Kier alpha value is -3.32. The Kier molecular flexibility index (Phi) is 5.58. The van der Waals surface area contributed by atoms with Crippen molar-refractivity contribution in [1.29, 1.82) is 0 Å². The van der Waals surface area contributed by atoms with Crippen LogP contribution < -0.4 is 4.90 Å². The molecule has 0 saturated carbocycles. The van der Waals surface area contributed by atoms with Gasteiger partial charge in [-0.05, 0) is 67.5 Å². The van der Waals surface area contributed by atoms with E-state index in [0.717, 1.165) is 71.6 Å². The maximum atomic E-state index is 10.2. The minimum absolute atomic E-state index is 0.318. The van der Waals surface area contributed by atoms with E-state index in [1.807, 2.05) is 36.7 Å². The van der Waals surface area contributed by atoms with E-state index in [1.165, 1.54) is 0 Å². The molecule has 33 heavy (non-hydrogen) atoms. The summed E-state index contributed by atoms with van der Waals surface area (Å²) in [5, 5.41) is 19.2. The molecule has 0 aliphatic carbocycles. The number of rotatable bonds is 5. The van der Waals surface area contributed by atoms with Crippen molar-refractivity contribution in [1.82, 2.24) is 25.0 Å². The van der Waals surface area contributed by atoms with E-state index in [-0.39, 0.29) is 0 Å². The van der Waals surface area contributed by atoms with Gasteiger partial charge in [0.05, 0.1) is 17.2 Å². The van der Waals surface area contributed by atoms with Gasteiger partial charge in [-0.1, -0.05) is 42.5 Å². The van der Waals surface area contributed by atoms with Gasteiger partial charge >= 0.3 is 0 Å². The number of aliphatic hydroxyl groups is 1. The summed E-state index contributed by atoms with van der Waals surface area (Å²) in [6.45, 7) is 7.52. The molecule has 2 aromatic carbocycles. The number of anilines is 1. The Bertz CT molecular complexity index is 1230. The van der Waals surface area contributed by atoms with Crippen molar-refractivity contribution in [3.8, 4) is 11.1 Å².